The minimum Gasteiger partial charge on any atom is -0.394 e. The van der Waals surface area contributed by atoms with Gasteiger partial charge in [-0.3, -0.25) is 4.90 Å². The average molecular weight is 231 g/mol. The third-order valence-electron chi connectivity index (χ3n) is 3.39. The van der Waals surface area contributed by atoms with Crippen molar-refractivity contribution >= 4 is 0 Å². The number of aliphatic hydroxyl groups excluding tert-OH is 1. The fourth-order valence-corrected chi connectivity index (χ4v) is 1.81. The molecule has 0 aromatic carbocycles. The summed E-state index contributed by atoms with van der Waals surface area (Å²) in [4.78, 5) is 2.37. The third kappa shape index (κ3) is 4.01. The Balaban J connectivity index is 2.39. The van der Waals surface area contributed by atoms with Gasteiger partial charge in [0.1, 0.15) is 0 Å². The lowest BCUT2D eigenvalue weighted by atomic mass is 10.0. The summed E-state index contributed by atoms with van der Waals surface area (Å²) in [5.74, 6) is 0. The molecule has 2 atom stereocenters. The molecule has 1 fully saturated rings. The van der Waals surface area contributed by atoms with Gasteiger partial charge in [0.2, 0.25) is 0 Å². The zero-order valence-corrected chi connectivity index (χ0v) is 10.9. The highest BCUT2D eigenvalue weighted by Gasteiger charge is 2.27. The van der Waals surface area contributed by atoms with Gasteiger partial charge in [-0.05, 0) is 27.2 Å². The molecule has 0 aromatic heterocycles. The zero-order chi connectivity index (χ0) is 12.2. The van der Waals surface area contributed by atoms with E-state index in [1.54, 1.807) is 7.11 Å². The van der Waals surface area contributed by atoms with Crippen molar-refractivity contribution in [1.29, 1.82) is 0 Å². The summed E-state index contributed by atoms with van der Waals surface area (Å²) < 4.78 is 10.9. The molecule has 1 saturated heterocycles. The van der Waals surface area contributed by atoms with Crippen LogP contribution in [0.15, 0.2) is 0 Å². The van der Waals surface area contributed by atoms with Gasteiger partial charge in [-0.25, -0.2) is 0 Å². The van der Waals surface area contributed by atoms with Crippen molar-refractivity contribution < 1.29 is 14.6 Å². The topological polar surface area (TPSA) is 41.9 Å². The van der Waals surface area contributed by atoms with Gasteiger partial charge in [0, 0.05) is 26.2 Å². The van der Waals surface area contributed by atoms with Gasteiger partial charge >= 0.3 is 0 Å². The Bertz CT molecular complexity index is 208. The molecule has 96 valence electrons. The largest absolute Gasteiger partial charge is 0.394 e. The fourth-order valence-electron chi connectivity index (χ4n) is 1.81. The first-order valence-electron chi connectivity index (χ1n) is 6.00. The minimum absolute atomic E-state index is 0.0261. The van der Waals surface area contributed by atoms with Gasteiger partial charge in [-0.15, -0.1) is 0 Å². The number of ether oxygens (including phenoxy) is 2. The molecule has 2 unspecified atom stereocenters. The minimum atomic E-state index is -0.0767. The molecule has 0 aromatic rings. The van der Waals surface area contributed by atoms with Crippen LogP contribution < -0.4 is 0 Å². The van der Waals surface area contributed by atoms with E-state index in [1.165, 1.54) is 0 Å². The van der Waals surface area contributed by atoms with Crippen LogP contribution in [0.4, 0.5) is 0 Å². The molecule has 0 bridgehead atoms. The maximum absolute atomic E-state index is 9.09. The molecule has 16 heavy (non-hydrogen) atoms. The number of methoxy groups -OCH3 is 1. The second-order valence-electron chi connectivity index (χ2n) is 5.20. The maximum Gasteiger partial charge on any atom is 0.0933 e. The maximum atomic E-state index is 9.09. The molecule has 0 radical (unpaired) electrons. The van der Waals surface area contributed by atoms with Gasteiger partial charge in [0.15, 0.2) is 0 Å². The van der Waals surface area contributed by atoms with E-state index in [9.17, 15) is 0 Å². The van der Waals surface area contributed by atoms with Crippen molar-refractivity contribution in [2.75, 3.05) is 33.4 Å². The molecule has 4 heteroatoms. The van der Waals surface area contributed by atoms with Crippen LogP contribution in [-0.2, 0) is 9.47 Å². The Hall–Kier alpha value is -0.160. The van der Waals surface area contributed by atoms with Crippen molar-refractivity contribution in [2.45, 2.75) is 44.9 Å². The Morgan fingerprint density at radius 1 is 1.50 bits per heavy atom. The highest BCUT2D eigenvalue weighted by Crippen LogP contribution is 2.17. The quantitative estimate of drug-likeness (QED) is 0.763. The van der Waals surface area contributed by atoms with E-state index in [-0.39, 0.29) is 18.3 Å². The van der Waals surface area contributed by atoms with E-state index < -0.39 is 0 Å². The lowest BCUT2D eigenvalue weighted by Gasteiger charge is -2.38. The van der Waals surface area contributed by atoms with Crippen LogP contribution in [0.2, 0.25) is 0 Å². The monoisotopic (exact) mass is 231 g/mol. The SMILES string of the molecule is COC(C)(C)CCN1CC(CO)OCC1C. The van der Waals surface area contributed by atoms with Crippen molar-refractivity contribution in [3.05, 3.63) is 0 Å². The molecule has 0 spiro atoms. The number of nitrogens with zero attached hydrogens (tertiary/aromatic N) is 1. The Morgan fingerprint density at radius 2 is 2.19 bits per heavy atom. The molecular formula is C12H25NO3. The standard InChI is InChI=1S/C12H25NO3/c1-10-9-16-11(8-14)7-13(10)6-5-12(2,3)15-4/h10-11,14H,5-9H2,1-4H3. The van der Waals surface area contributed by atoms with Crippen molar-refractivity contribution in [3.8, 4) is 0 Å². The van der Waals surface area contributed by atoms with E-state index >= 15 is 0 Å². The van der Waals surface area contributed by atoms with E-state index in [0.717, 1.165) is 19.5 Å². The predicted octanol–water partition coefficient (Wildman–Crippen LogP) is 0.883. The van der Waals surface area contributed by atoms with Gasteiger partial charge < -0.3 is 14.6 Å². The first kappa shape index (κ1) is 13.9. The van der Waals surface area contributed by atoms with Crippen LogP contribution >= 0.6 is 0 Å². The van der Waals surface area contributed by atoms with Crippen LogP contribution in [0.5, 0.6) is 0 Å². The smallest absolute Gasteiger partial charge is 0.0933 e. The summed E-state index contributed by atoms with van der Waals surface area (Å²) in [5, 5.41) is 9.09. The number of rotatable bonds is 5. The first-order valence-corrected chi connectivity index (χ1v) is 6.00. The predicted molar refractivity (Wildman–Crippen MR) is 63.6 cm³/mol. The molecule has 1 heterocycles. The van der Waals surface area contributed by atoms with Crippen LogP contribution in [0.3, 0.4) is 0 Å². The normalized spacial score (nSPS) is 28.3. The van der Waals surface area contributed by atoms with Crippen molar-refractivity contribution in [2.24, 2.45) is 0 Å². The van der Waals surface area contributed by atoms with Gasteiger partial charge in [-0.1, -0.05) is 0 Å². The third-order valence-corrected chi connectivity index (χ3v) is 3.39. The highest BCUT2D eigenvalue weighted by molar-refractivity contribution is 4.79. The summed E-state index contributed by atoms with van der Waals surface area (Å²) in [5.41, 5.74) is -0.0767. The number of aliphatic hydroxyl groups is 1. The second kappa shape index (κ2) is 5.96. The Kier molecular flexibility index (Phi) is 5.18. The van der Waals surface area contributed by atoms with Crippen molar-refractivity contribution in [3.63, 3.8) is 0 Å². The second-order valence-corrected chi connectivity index (χ2v) is 5.20. The number of morpholine rings is 1. The highest BCUT2D eigenvalue weighted by atomic mass is 16.5. The lowest BCUT2D eigenvalue weighted by molar-refractivity contribution is -0.0847. The van der Waals surface area contributed by atoms with Crippen LogP contribution in [0.25, 0.3) is 0 Å². The van der Waals surface area contributed by atoms with Gasteiger partial charge in [0.05, 0.1) is 24.9 Å². The first-order chi connectivity index (χ1) is 7.48. The molecule has 1 rings (SSSR count). The molecule has 0 aliphatic carbocycles. The summed E-state index contributed by atoms with van der Waals surface area (Å²) >= 11 is 0. The molecular weight excluding hydrogens is 206 g/mol. The lowest BCUT2D eigenvalue weighted by Crippen LogP contribution is -2.50. The van der Waals surface area contributed by atoms with Gasteiger partial charge in [-0.2, -0.15) is 0 Å². The average Bonchev–Trinajstić information content (AvgIpc) is 2.28. The van der Waals surface area contributed by atoms with E-state index in [0.29, 0.717) is 12.6 Å². The zero-order valence-electron chi connectivity index (χ0n) is 10.9. The molecule has 1 aliphatic rings. The van der Waals surface area contributed by atoms with Crippen molar-refractivity contribution in [1.82, 2.24) is 4.90 Å². The summed E-state index contributed by atoms with van der Waals surface area (Å²) in [6.45, 7) is 8.98. The molecule has 0 saturated carbocycles. The van der Waals surface area contributed by atoms with Crippen LogP contribution in [0, 0.1) is 0 Å². The van der Waals surface area contributed by atoms with Crippen LogP contribution in [0.1, 0.15) is 27.2 Å². The summed E-state index contributed by atoms with van der Waals surface area (Å²) in [7, 11) is 1.75. The van der Waals surface area contributed by atoms with E-state index in [4.69, 9.17) is 14.6 Å². The molecule has 4 nitrogen and oxygen atoms in total. The Labute approximate surface area is 98.5 Å². The molecule has 0 amide bonds. The van der Waals surface area contributed by atoms with Crippen LogP contribution in [-0.4, -0.2) is 61.2 Å². The van der Waals surface area contributed by atoms with E-state index in [1.807, 2.05) is 0 Å². The molecule has 1 N–H and O–H groups in total. The van der Waals surface area contributed by atoms with Gasteiger partial charge in [0.25, 0.3) is 0 Å². The fraction of sp³-hybridized carbons (Fsp3) is 1.00. The van der Waals surface area contributed by atoms with E-state index in [2.05, 4.69) is 25.7 Å². The number of hydrogen-bond donors (Lipinski definition) is 1. The summed E-state index contributed by atoms with van der Waals surface area (Å²) in [6.07, 6.45) is 0.966. The number of hydrogen-bond acceptors (Lipinski definition) is 4. The summed E-state index contributed by atoms with van der Waals surface area (Å²) in [6, 6.07) is 0.426. The molecule has 1 aliphatic heterocycles. The Morgan fingerprint density at radius 3 is 2.75 bits per heavy atom.